The summed E-state index contributed by atoms with van der Waals surface area (Å²) in [5.74, 6) is 1.38. The van der Waals surface area contributed by atoms with Gasteiger partial charge in [0.25, 0.3) is 0 Å². The lowest BCUT2D eigenvalue weighted by atomic mass is 9.96. The topological polar surface area (TPSA) is 69.5 Å². The third kappa shape index (κ3) is 3.37. The Kier molecular flexibility index (Phi) is 4.97. The lowest BCUT2D eigenvalue weighted by molar-refractivity contribution is 0.120. The highest BCUT2D eigenvalue weighted by atomic mass is 35.5. The van der Waals surface area contributed by atoms with E-state index in [4.69, 9.17) is 32.7 Å². The lowest BCUT2D eigenvalue weighted by Crippen LogP contribution is -2.43. The molecule has 0 radical (unpaired) electrons. The molecule has 0 bridgehead atoms. The van der Waals surface area contributed by atoms with Crippen LogP contribution in [0.2, 0.25) is 10.0 Å². The van der Waals surface area contributed by atoms with Gasteiger partial charge in [-0.15, -0.1) is 5.10 Å². The molecule has 2 aliphatic rings. The molecule has 4 rings (SSSR count). The number of ether oxygens (including phenoxy) is 2. The summed E-state index contributed by atoms with van der Waals surface area (Å²) in [5, 5.41) is 9.08. The van der Waals surface area contributed by atoms with Crippen molar-refractivity contribution >= 4 is 29.3 Å². The van der Waals surface area contributed by atoms with E-state index in [1.54, 1.807) is 27.7 Å². The predicted molar refractivity (Wildman–Crippen MR) is 101 cm³/mol. The molecule has 0 saturated carbocycles. The van der Waals surface area contributed by atoms with Crippen molar-refractivity contribution in [3.05, 3.63) is 46.2 Å². The first-order valence-corrected chi connectivity index (χ1v) is 9.44. The predicted octanol–water partition coefficient (Wildman–Crippen LogP) is 3.69. The van der Waals surface area contributed by atoms with Gasteiger partial charge in [-0.3, -0.25) is 4.57 Å². The third-order valence-corrected chi connectivity index (χ3v) is 5.59. The number of carbonyl (C=O) groups excluding carboxylic acids is 1. The highest BCUT2D eigenvalue weighted by Crippen LogP contribution is 2.43. The number of carbonyl (C=O) groups is 1. The second-order valence-electron chi connectivity index (χ2n) is 6.49. The molecule has 0 spiro atoms. The molecule has 0 aliphatic carbocycles. The maximum absolute atomic E-state index is 12.1. The summed E-state index contributed by atoms with van der Waals surface area (Å²) < 4.78 is 13.0. The summed E-state index contributed by atoms with van der Waals surface area (Å²) in [6.07, 6.45) is 2.87. The number of hydrogen-bond acceptors (Lipinski definition) is 5. The molecule has 1 amide bonds. The number of halogens is 2. The fourth-order valence-electron chi connectivity index (χ4n) is 3.27. The zero-order chi connectivity index (χ0) is 19.0. The van der Waals surface area contributed by atoms with Crippen LogP contribution < -0.4 is 9.47 Å². The van der Waals surface area contributed by atoms with Gasteiger partial charge >= 0.3 is 12.1 Å². The Morgan fingerprint density at radius 1 is 1.33 bits per heavy atom. The van der Waals surface area contributed by atoms with Gasteiger partial charge in [-0.2, -0.15) is 0 Å². The summed E-state index contributed by atoms with van der Waals surface area (Å²) in [6, 6.07) is 3.72. The fourth-order valence-corrected chi connectivity index (χ4v) is 3.75. The van der Waals surface area contributed by atoms with E-state index in [9.17, 15) is 4.79 Å². The van der Waals surface area contributed by atoms with Crippen molar-refractivity contribution in [2.45, 2.75) is 25.3 Å². The molecule has 0 unspecified atom stereocenters. The van der Waals surface area contributed by atoms with Gasteiger partial charge in [0.05, 0.1) is 10.0 Å². The van der Waals surface area contributed by atoms with Crippen LogP contribution in [0.4, 0.5) is 4.79 Å². The van der Waals surface area contributed by atoms with Crippen LogP contribution in [0.3, 0.4) is 0 Å². The van der Waals surface area contributed by atoms with E-state index in [1.165, 1.54) is 0 Å². The minimum Gasteiger partial charge on any atom is -0.489 e. The number of fused-ring (bicyclic) bond motifs is 1. The summed E-state index contributed by atoms with van der Waals surface area (Å²) in [7, 11) is 0. The standard InChI is InChI=1S/C18H18Cl2N4O3/c1-2-8-26-13-5-4-12(19)16(20)15(13)11-9-14-21-22-17(24(14)10-11)27-18(25)23-6-3-7-23/h2,4-5,11H,1,3,6-10H2/t11-/m1/s1. The Bertz CT molecular complexity index is 895. The molecule has 1 aromatic heterocycles. The molecule has 1 fully saturated rings. The average Bonchev–Trinajstić information content (AvgIpc) is 3.16. The highest BCUT2D eigenvalue weighted by molar-refractivity contribution is 6.42. The molecule has 1 aromatic carbocycles. The van der Waals surface area contributed by atoms with Gasteiger partial charge < -0.3 is 14.4 Å². The second-order valence-corrected chi connectivity index (χ2v) is 7.28. The van der Waals surface area contributed by atoms with Crippen LogP contribution in [0.25, 0.3) is 0 Å². The van der Waals surface area contributed by atoms with Crippen molar-refractivity contribution in [3.8, 4) is 11.8 Å². The van der Waals surface area contributed by atoms with Crippen LogP contribution in [0.15, 0.2) is 24.8 Å². The number of rotatable bonds is 5. The smallest absolute Gasteiger partial charge is 0.417 e. The quantitative estimate of drug-likeness (QED) is 0.705. The second kappa shape index (κ2) is 7.40. The summed E-state index contributed by atoms with van der Waals surface area (Å²) >= 11 is 12.7. The maximum Gasteiger partial charge on any atom is 0.417 e. The van der Waals surface area contributed by atoms with E-state index < -0.39 is 6.09 Å². The SMILES string of the molecule is C=CCOc1ccc(Cl)c(Cl)c1[C@@H]1Cc2nnc(OC(=O)N3CCC3)n2C1. The van der Waals surface area contributed by atoms with Gasteiger partial charge in [0.15, 0.2) is 0 Å². The van der Waals surface area contributed by atoms with Crippen molar-refractivity contribution in [1.82, 2.24) is 19.7 Å². The molecule has 0 N–H and O–H groups in total. The normalized spacial score (nSPS) is 18.0. The zero-order valence-electron chi connectivity index (χ0n) is 14.5. The summed E-state index contributed by atoms with van der Waals surface area (Å²) in [6.45, 7) is 5.99. The first-order valence-electron chi connectivity index (χ1n) is 8.69. The molecule has 7 nitrogen and oxygen atoms in total. The molecule has 142 valence electrons. The Labute approximate surface area is 166 Å². The molecule has 3 heterocycles. The van der Waals surface area contributed by atoms with Gasteiger partial charge in [0, 0.05) is 37.5 Å². The maximum atomic E-state index is 12.1. The molecule has 1 saturated heterocycles. The van der Waals surface area contributed by atoms with E-state index in [-0.39, 0.29) is 11.9 Å². The minimum atomic E-state index is -0.393. The summed E-state index contributed by atoms with van der Waals surface area (Å²) in [4.78, 5) is 13.7. The van der Waals surface area contributed by atoms with E-state index in [2.05, 4.69) is 16.8 Å². The van der Waals surface area contributed by atoms with E-state index in [0.717, 1.165) is 17.8 Å². The van der Waals surface area contributed by atoms with Crippen molar-refractivity contribution in [2.75, 3.05) is 19.7 Å². The third-order valence-electron chi connectivity index (χ3n) is 4.78. The molecule has 2 aromatic rings. The fraction of sp³-hybridized carbons (Fsp3) is 0.389. The monoisotopic (exact) mass is 408 g/mol. The molecule has 1 atom stereocenters. The first-order chi connectivity index (χ1) is 13.1. The van der Waals surface area contributed by atoms with Crippen LogP contribution >= 0.6 is 23.2 Å². The number of benzene rings is 1. The van der Waals surface area contributed by atoms with Gasteiger partial charge in [0.1, 0.15) is 18.2 Å². The van der Waals surface area contributed by atoms with Crippen molar-refractivity contribution in [2.24, 2.45) is 0 Å². The molecular formula is C18H18Cl2N4O3. The van der Waals surface area contributed by atoms with Gasteiger partial charge in [0.2, 0.25) is 0 Å². The van der Waals surface area contributed by atoms with Gasteiger partial charge in [-0.1, -0.05) is 41.0 Å². The van der Waals surface area contributed by atoms with Crippen LogP contribution in [0.1, 0.15) is 23.7 Å². The highest BCUT2D eigenvalue weighted by Gasteiger charge is 2.33. The number of amides is 1. The van der Waals surface area contributed by atoms with Crippen LogP contribution in [0, 0.1) is 0 Å². The molecule has 2 aliphatic heterocycles. The minimum absolute atomic E-state index is 0.0111. The number of likely N-dealkylation sites (tertiary alicyclic amines) is 1. The first kappa shape index (κ1) is 18.1. The van der Waals surface area contributed by atoms with E-state index in [0.29, 0.717) is 48.5 Å². The number of aromatic nitrogens is 3. The largest absolute Gasteiger partial charge is 0.489 e. The molecular weight excluding hydrogens is 391 g/mol. The molecule has 27 heavy (non-hydrogen) atoms. The van der Waals surface area contributed by atoms with Crippen LogP contribution in [-0.4, -0.2) is 45.5 Å². The number of nitrogens with zero attached hydrogens (tertiary/aromatic N) is 4. The summed E-state index contributed by atoms with van der Waals surface area (Å²) in [5.41, 5.74) is 0.816. The van der Waals surface area contributed by atoms with Crippen molar-refractivity contribution in [3.63, 3.8) is 0 Å². The Morgan fingerprint density at radius 3 is 2.85 bits per heavy atom. The lowest BCUT2D eigenvalue weighted by Gasteiger charge is -2.29. The van der Waals surface area contributed by atoms with Gasteiger partial charge in [-0.05, 0) is 18.6 Å². The number of hydrogen-bond donors (Lipinski definition) is 0. The van der Waals surface area contributed by atoms with E-state index in [1.807, 2.05) is 0 Å². The Balaban J connectivity index is 1.57. The van der Waals surface area contributed by atoms with Crippen molar-refractivity contribution < 1.29 is 14.3 Å². The van der Waals surface area contributed by atoms with Crippen LogP contribution in [-0.2, 0) is 13.0 Å². The van der Waals surface area contributed by atoms with Crippen LogP contribution in [0.5, 0.6) is 11.8 Å². The zero-order valence-corrected chi connectivity index (χ0v) is 16.0. The van der Waals surface area contributed by atoms with Crippen molar-refractivity contribution in [1.29, 1.82) is 0 Å². The van der Waals surface area contributed by atoms with E-state index >= 15 is 0 Å². The average molecular weight is 409 g/mol. The molecule has 9 heteroatoms. The van der Waals surface area contributed by atoms with Gasteiger partial charge in [-0.25, -0.2) is 4.79 Å². The Morgan fingerprint density at radius 2 is 2.15 bits per heavy atom. The Hall–Kier alpha value is -2.25.